The Bertz CT molecular complexity index is 939. The molecule has 0 heterocycles. The van der Waals surface area contributed by atoms with Gasteiger partial charge in [0.25, 0.3) is 10.0 Å². The first kappa shape index (κ1) is 21.8. The Hall–Kier alpha value is -1.47. The zero-order valence-electron chi connectivity index (χ0n) is 14.9. The van der Waals surface area contributed by atoms with Crippen molar-refractivity contribution in [1.29, 1.82) is 0 Å². The smallest absolute Gasteiger partial charge is 0.326 e. The van der Waals surface area contributed by atoms with Crippen molar-refractivity contribution < 1.29 is 13.2 Å². The fraction of sp³-hybridized carbons (Fsp3) is 0.278. The monoisotopic (exact) mass is 448 g/mol. The molecule has 0 saturated carbocycles. The van der Waals surface area contributed by atoms with Crippen LogP contribution < -0.4 is 10.0 Å². The highest BCUT2D eigenvalue weighted by Crippen LogP contribution is 2.41. The minimum Gasteiger partial charge on any atom is -0.326 e. The molecular weight excluding hydrogens is 431 g/mol. The van der Waals surface area contributed by atoms with Crippen molar-refractivity contribution in [2.75, 3.05) is 0 Å². The molecule has 0 aliphatic rings. The van der Waals surface area contributed by atoms with Crippen LogP contribution in [-0.2, 0) is 10.0 Å². The maximum absolute atomic E-state index is 12.4. The Morgan fingerprint density at radius 3 is 2.07 bits per heavy atom. The van der Waals surface area contributed by atoms with Crippen molar-refractivity contribution in [2.24, 2.45) is 0 Å². The number of benzene rings is 2. The first-order valence-electron chi connectivity index (χ1n) is 7.94. The van der Waals surface area contributed by atoms with Crippen LogP contribution in [0.15, 0.2) is 47.4 Å². The van der Waals surface area contributed by atoms with E-state index in [0.29, 0.717) is 5.56 Å². The lowest BCUT2D eigenvalue weighted by Crippen LogP contribution is -2.44. The molecule has 0 fully saturated rings. The van der Waals surface area contributed by atoms with Gasteiger partial charge in [-0.2, -0.15) is 0 Å². The molecule has 0 bridgehead atoms. The number of aryl methyl sites for hydroxylation is 3. The van der Waals surface area contributed by atoms with E-state index in [1.54, 1.807) is 25.1 Å². The Labute approximate surface area is 174 Å². The number of carbonyl (C=O) groups is 1. The molecule has 0 aliphatic heterocycles. The predicted octanol–water partition coefficient (Wildman–Crippen LogP) is 4.71. The van der Waals surface area contributed by atoms with Gasteiger partial charge in [-0.05, 0) is 44.0 Å². The zero-order valence-corrected chi connectivity index (χ0v) is 18.0. The number of amides is 2. The average molecular weight is 450 g/mol. The molecule has 9 heteroatoms. The number of alkyl halides is 3. The van der Waals surface area contributed by atoms with Gasteiger partial charge in [-0.1, -0.05) is 76.3 Å². The van der Waals surface area contributed by atoms with Crippen molar-refractivity contribution in [1.82, 2.24) is 10.0 Å². The van der Waals surface area contributed by atoms with E-state index >= 15 is 0 Å². The molecular formula is C18H19Cl3N2O3S. The van der Waals surface area contributed by atoms with E-state index in [9.17, 15) is 13.2 Å². The summed E-state index contributed by atoms with van der Waals surface area (Å²) in [4.78, 5) is 12.3. The highest BCUT2D eigenvalue weighted by atomic mass is 35.6. The average Bonchev–Trinajstić information content (AvgIpc) is 2.54. The van der Waals surface area contributed by atoms with Gasteiger partial charge in [-0.15, -0.1) is 0 Å². The molecule has 5 nitrogen and oxygen atoms in total. The molecule has 146 valence electrons. The maximum Gasteiger partial charge on any atom is 0.329 e. The number of hydrogen-bond donors (Lipinski definition) is 2. The second kappa shape index (κ2) is 8.27. The second-order valence-corrected chi connectivity index (χ2v) is 10.3. The highest BCUT2D eigenvalue weighted by Gasteiger charge is 2.37. The number of rotatable bonds is 4. The molecule has 2 amide bonds. The summed E-state index contributed by atoms with van der Waals surface area (Å²) in [6, 6.07) is 9.52. The minimum absolute atomic E-state index is 0.0413. The van der Waals surface area contributed by atoms with Crippen LogP contribution in [0.2, 0.25) is 0 Å². The van der Waals surface area contributed by atoms with Gasteiger partial charge in [0.2, 0.25) is 3.79 Å². The molecule has 0 unspecified atom stereocenters. The molecule has 0 aliphatic carbocycles. The highest BCUT2D eigenvalue weighted by molar-refractivity contribution is 7.90. The van der Waals surface area contributed by atoms with Crippen molar-refractivity contribution in [2.45, 2.75) is 35.5 Å². The Kier molecular flexibility index (Phi) is 6.68. The van der Waals surface area contributed by atoms with Gasteiger partial charge in [-0.25, -0.2) is 17.9 Å². The summed E-state index contributed by atoms with van der Waals surface area (Å²) in [5.74, 6) is 0. The van der Waals surface area contributed by atoms with Crippen LogP contribution in [0.5, 0.6) is 0 Å². The number of halogens is 3. The van der Waals surface area contributed by atoms with E-state index < -0.39 is 25.9 Å². The number of carbonyl (C=O) groups excluding carboxylic acids is 1. The lowest BCUT2D eigenvalue weighted by Gasteiger charge is -2.27. The summed E-state index contributed by atoms with van der Waals surface area (Å²) >= 11 is 18.1. The quantitative estimate of drug-likeness (QED) is 0.664. The number of urea groups is 1. The fourth-order valence-corrected chi connectivity index (χ4v) is 3.90. The van der Waals surface area contributed by atoms with Crippen LogP contribution in [0.4, 0.5) is 4.79 Å². The first-order chi connectivity index (χ1) is 12.4. The van der Waals surface area contributed by atoms with E-state index in [-0.39, 0.29) is 4.90 Å². The van der Waals surface area contributed by atoms with Gasteiger partial charge >= 0.3 is 6.03 Å². The van der Waals surface area contributed by atoms with Crippen LogP contribution in [0.3, 0.4) is 0 Å². The van der Waals surface area contributed by atoms with Gasteiger partial charge in [-0.3, -0.25) is 0 Å². The topological polar surface area (TPSA) is 75.3 Å². The van der Waals surface area contributed by atoms with E-state index in [1.807, 2.05) is 30.7 Å². The fourth-order valence-electron chi connectivity index (χ4n) is 2.47. The largest absolute Gasteiger partial charge is 0.329 e. The third-order valence-electron chi connectivity index (χ3n) is 3.91. The molecule has 2 aromatic carbocycles. The molecule has 0 aromatic heterocycles. The van der Waals surface area contributed by atoms with Crippen molar-refractivity contribution in [3.63, 3.8) is 0 Å². The predicted molar refractivity (Wildman–Crippen MR) is 109 cm³/mol. The van der Waals surface area contributed by atoms with Crippen LogP contribution in [0.1, 0.15) is 28.3 Å². The molecule has 27 heavy (non-hydrogen) atoms. The van der Waals surface area contributed by atoms with Gasteiger partial charge in [0.05, 0.1) is 4.90 Å². The number of nitrogens with one attached hydrogen (secondary N) is 2. The summed E-state index contributed by atoms with van der Waals surface area (Å²) in [5.41, 5.74) is 3.17. The van der Waals surface area contributed by atoms with Gasteiger partial charge < -0.3 is 5.32 Å². The normalized spacial score (nSPS) is 13.1. The van der Waals surface area contributed by atoms with Gasteiger partial charge in [0, 0.05) is 0 Å². The summed E-state index contributed by atoms with van der Waals surface area (Å²) < 4.78 is 24.8. The van der Waals surface area contributed by atoms with E-state index in [1.165, 1.54) is 12.1 Å². The Morgan fingerprint density at radius 2 is 1.52 bits per heavy atom. The molecule has 2 rings (SSSR count). The summed E-state index contributed by atoms with van der Waals surface area (Å²) in [6.07, 6.45) is 0. The standard InChI is InChI=1S/C18H19Cl3N2O3S/c1-11-5-8-14(9-6-11)27(25,26)23-17(24)22-16(18(19,20)21)15-10-12(2)4-7-13(15)3/h4-10,16H,1-3H3,(H2,22,23,24)/t16-/m1/s1. The third-order valence-corrected chi connectivity index (χ3v) is 5.91. The van der Waals surface area contributed by atoms with E-state index in [0.717, 1.165) is 16.7 Å². The van der Waals surface area contributed by atoms with E-state index in [4.69, 9.17) is 34.8 Å². The molecule has 0 radical (unpaired) electrons. The molecule has 0 spiro atoms. The lowest BCUT2D eigenvalue weighted by atomic mass is 10.00. The van der Waals surface area contributed by atoms with Crippen molar-refractivity contribution >= 4 is 50.9 Å². The van der Waals surface area contributed by atoms with E-state index in [2.05, 4.69) is 5.32 Å². The molecule has 0 saturated heterocycles. The first-order valence-corrected chi connectivity index (χ1v) is 10.6. The zero-order chi connectivity index (χ0) is 20.4. The van der Waals surface area contributed by atoms with Crippen LogP contribution in [-0.4, -0.2) is 18.2 Å². The second-order valence-electron chi connectivity index (χ2n) is 6.23. The summed E-state index contributed by atoms with van der Waals surface area (Å²) in [5, 5.41) is 2.45. The van der Waals surface area contributed by atoms with Crippen LogP contribution in [0, 0.1) is 20.8 Å². The number of hydrogen-bond acceptors (Lipinski definition) is 3. The third kappa shape index (κ3) is 5.75. The molecule has 2 aromatic rings. The molecule has 1 atom stereocenters. The minimum atomic E-state index is -4.06. The van der Waals surface area contributed by atoms with Crippen LogP contribution >= 0.6 is 34.8 Å². The Morgan fingerprint density at radius 1 is 0.963 bits per heavy atom. The number of sulfonamides is 1. The molecule has 2 N–H and O–H groups in total. The van der Waals surface area contributed by atoms with Crippen molar-refractivity contribution in [3.05, 3.63) is 64.7 Å². The maximum atomic E-state index is 12.4. The summed E-state index contributed by atoms with van der Waals surface area (Å²) in [7, 11) is -4.06. The SMILES string of the molecule is Cc1ccc(S(=O)(=O)NC(=O)N[C@H](c2cc(C)ccc2C)C(Cl)(Cl)Cl)cc1. The van der Waals surface area contributed by atoms with Gasteiger partial charge in [0.1, 0.15) is 6.04 Å². The van der Waals surface area contributed by atoms with Crippen molar-refractivity contribution in [3.8, 4) is 0 Å². The van der Waals surface area contributed by atoms with Gasteiger partial charge in [0.15, 0.2) is 0 Å². The Balaban J connectivity index is 2.26. The lowest BCUT2D eigenvalue weighted by molar-refractivity contribution is 0.242. The summed E-state index contributed by atoms with van der Waals surface area (Å²) in [6.45, 7) is 5.49. The van der Waals surface area contributed by atoms with Crippen LogP contribution in [0.25, 0.3) is 0 Å².